The van der Waals surface area contributed by atoms with E-state index in [0.29, 0.717) is 11.4 Å². The summed E-state index contributed by atoms with van der Waals surface area (Å²) in [5.74, 6) is -0.776. The molecule has 0 saturated heterocycles. The Hall–Kier alpha value is -2.41. The van der Waals surface area contributed by atoms with Gasteiger partial charge in [-0.3, -0.25) is 19.0 Å². The average Bonchev–Trinajstić information content (AvgIpc) is 2.87. The van der Waals surface area contributed by atoms with Gasteiger partial charge in [-0.05, 0) is 31.4 Å². The number of esters is 1. The lowest BCUT2D eigenvalue weighted by Gasteiger charge is -2.17. The second kappa shape index (κ2) is 8.11. The number of ether oxygens (including phenoxy) is 1. The molecule has 0 radical (unpaired) electrons. The Morgan fingerprint density at radius 1 is 1.24 bits per heavy atom. The highest BCUT2D eigenvalue weighted by atomic mass is 32.1. The highest BCUT2D eigenvalue weighted by molar-refractivity contribution is 7.07. The number of nitrogens with one attached hydrogen (secondary N) is 1. The van der Waals surface area contributed by atoms with E-state index < -0.39 is 18.0 Å². The molecule has 6 nitrogen and oxygen atoms in total. The van der Waals surface area contributed by atoms with Crippen LogP contribution in [0.4, 0.5) is 5.69 Å². The topological polar surface area (TPSA) is 77.4 Å². The highest BCUT2D eigenvalue weighted by Gasteiger charge is 2.20. The minimum atomic E-state index is -0.956. The minimum absolute atomic E-state index is 0.200. The maximum absolute atomic E-state index is 12.3. The van der Waals surface area contributed by atoms with Gasteiger partial charge in [-0.2, -0.15) is 0 Å². The monoisotopic (exact) mass is 362 g/mol. The van der Waals surface area contributed by atoms with E-state index >= 15 is 0 Å². The fourth-order valence-electron chi connectivity index (χ4n) is 2.36. The number of amides is 1. The van der Waals surface area contributed by atoms with Crippen molar-refractivity contribution >= 4 is 28.9 Å². The highest BCUT2D eigenvalue weighted by Crippen LogP contribution is 2.23. The molecule has 0 saturated carbocycles. The summed E-state index contributed by atoms with van der Waals surface area (Å²) in [6.45, 7) is 7.12. The SMILES string of the molecule is Cc1csc(=O)n1CC(=O)O[C@H](C)C(=O)Nc1ccccc1C(C)C. The lowest BCUT2D eigenvalue weighted by Crippen LogP contribution is -2.32. The Bertz CT molecular complexity index is 822. The van der Waals surface area contributed by atoms with Gasteiger partial charge in [-0.1, -0.05) is 43.4 Å². The maximum Gasteiger partial charge on any atom is 0.326 e. The van der Waals surface area contributed by atoms with Crippen LogP contribution < -0.4 is 10.2 Å². The number of thiazole rings is 1. The smallest absolute Gasteiger partial charge is 0.326 e. The molecule has 1 heterocycles. The van der Waals surface area contributed by atoms with Crippen molar-refractivity contribution in [1.82, 2.24) is 4.57 Å². The summed E-state index contributed by atoms with van der Waals surface area (Å²) in [6, 6.07) is 7.51. The van der Waals surface area contributed by atoms with Crippen molar-refractivity contribution in [3.8, 4) is 0 Å². The van der Waals surface area contributed by atoms with E-state index in [1.54, 1.807) is 12.3 Å². The Labute approximate surface area is 150 Å². The lowest BCUT2D eigenvalue weighted by atomic mass is 10.0. The van der Waals surface area contributed by atoms with Gasteiger partial charge in [0.1, 0.15) is 6.54 Å². The molecule has 0 bridgehead atoms. The van der Waals surface area contributed by atoms with Gasteiger partial charge >= 0.3 is 10.8 Å². The predicted molar refractivity (Wildman–Crippen MR) is 98.0 cm³/mol. The molecule has 1 amide bonds. The first-order valence-electron chi connectivity index (χ1n) is 8.03. The van der Waals surface area contributed by atoms with E-state index in [-0.39, 0.29) is 17.3 Å². The van der Waals surface area contributed by atoms with Crippen LogP contribution >= 0.6 is 11.3 Å². The summed E-state index contributed by atoms with van der Waals surface area (Å²) in [5.41, 5.74) is 2.40. The van der Waals surface area contributed by atoms with Crippen LogP contribution in [-0.4, -0.2) is 22.5 Å². The first kappa shape index (κ1) is 18.9. The Morgan fingerprint density at radius 3 is 2.52 bits per heavy atom. The van der Waals surface area contributed by atoms with E-state index in [0.717, 1.165) is 16.9 Å². The van der Waals surface area contributed by atoms with Crippen LogP contribution in [0.1, 0.15) is 37.9 Å². The second-order valence-electron chi connectivity index (χ2n) is 6.09. The van der Waals surface area contributed by atoms with Gasteiger partial charge in [0.2, 0.25) is 0 Å². The van der Waals surface area contributed by atoms with Gasteiger partial charge in [0.25, 0.3) is 5.91 Å². The van der Waals surface area contributed by atoms with Crippen LogP contribution in [0.5, 0.6) is 0 Å². The zero-order valence-corrected chi connectivity index (χ0v) is 15.6. The fourth-order valence-corrected chi connectivity index (χ4v) is 3.10. The van der Waals surface area contributed by atoms with Crippen LogP contribution in [0, 0.1) is 6.92 Å². The van der Waals surface area contributed by atoms with Gasteiger partial charge < -0.3 is 10.1 Å². The van der Waals surface area contributed by atoms with Crippen molar-refractivity contribution in [2.45, 2.75) is 46.3 Å². The summed E-state index contributed by atoms with van der Waals surface area (Å²) >= 11 is 1.02. The molecule has 0 unspecified atom stereocenters. The molecule has 1 aromatic carbocycles. The number of benzene rings is 1. The summed E-state index contributed by atoms with van der Waals surface area (Å²) in [4.78, 5) is 35.7. The molecule has 0 aliphatic heterocycles. The van der Waals surface area contributed by atoms with Crippen LogP contribution in [0.25, 0.3) is 0 Å². The lowest BCUT2D eigenvalue weighted by molar-refractivity contribution is -0.153. The van der Waals surface area contributed by atoms with Crippen molar-refractivity contribution in [1.29, 1.82) is 0 Å². The number of anilines is 1. The normalized spacial score (nSPS) is 12.0. The number of carbonyl (C=O) groups excluding carboxylic acids is 2. The Balaban J connectivity index is 1.99. The molecule has 1 atom stereocenters. The van der Waals surface area contributed by atoms with Crippen LogP contribution in [0.3, 0.4) is 0 Å². The second-order valence-corrected chi connectivity index (χ2v) is 6.91. The van der Waals surface area contributed by atoms with Crippen molar-refractivity contribution in [2.24, 2.45) is 0 Å². The van der Waals surface area contributed by atoms with E-state index in [1.165, 1.54) is 11.5 Å². The molecule has 0 fully saturated rings. The van der Waals surface area contributed by atoms with Gasteiger partial charge in [0.15, 0.2) is 6.10 Å². The quantitative estimate of drug-likeness (QED) is 0.802. The molecule has 7 heteroatoms. The molecular formula is C18H22N2O4S. The number of hydrogen-bond donors (Lipinski definition) is 1. The summed E-state index contributed by atoms with van der Waals surface area (Å²) in [5, 5.41) is 4.47. The number of para-hydroxylation sites is 1. The zero-order chi connectivity index (χ0) is 18.6. The molecule has 0 aliphatic carbocycles. The zero-order valence-electron chi connectivity index (χ0n) is 14.7. The van der Waals surface area contributed by atoms with Crippen molar-refractivity contribution in [2.75, 3.05) is 5.32 Å². The molecule has 2 rings (SSSR count). The minimum Gasteiger partial charge on any atom is -0.451 e. The Kier molecular flexibility index (Phi) is 6.14. The van der Waals surface area contributed by atoms with Crippen LogP contribution in [0.15, 0.2) is 34.4 Å². The predicted octanol–water partition coefficient (Wildman–Crippen LogP) is 2.91. The number of nitrogens with zero attached hydrogens (tertiary/aromatic N) is 1. The van der Waals surface area contributed by atoms with E-state index in [9.17, 15) is 14.4 Å². The van der Waals surface area contributed by atoms with Crippen molar-refractivity contribution in [3.05, 3.63) is 50.6 Å². The van der Waals surface area contributed by atoms with Crippen molar-refractivity contribution < 1.29 is 14.3 Å². The third-order valence-electron chi connectivity index (χ3n) is 3.78. The molecule has 1 aromatic heterocycles. The molecule has 134 valence electrons. The third-order valence-corrected chi connectivity index (χ3v) is 4.66. The molecular weight excluding hydrogens is 340 g/mol. The number of aromatic nitrogens is 1. The van der Waals surface area contributed by atoms with Gasteiger partial charge in [0, 0.05) is 16.8 Å². The largest absolute Gasteiger partial charge is 0.451 e. The first-order valence-corrected chi connectivity index (χ1v) is 8.91. The Morgan fingerprint density at radius 2 is 1.92 bits per heavy atom. The first-order chi connectivity index (χ1) is 11.8. The van der Waals surface area contributed by atoms with Gasteiger partial charge in [-0.25, -0.2) is 0 Å². The molecule has 1 N–H and O–H groups in total. The average molecular weight is 362 g/mol. The molecule has 2 aromatic rings. The van der Waals surface area contributed by atoms with E-state index in [2.05, 4.69) is 5.32 Å². The summed E-state index contributed by atoms with van der Waals surface area (Å²) in [6.07, 6.45) is -0.956. The van der Waals surface area contributed by atoms with Gasteiger partial charge in [0.05, 0.1) is 0 Å². The molecule has 0 aliphatic rings. The van der Waals surface area contributed by atoms with Gasteiger partial charge in [-0.15, -0.1) is 0 Å². The third kappa shape index (κ3) is 4.79. The number of aryl methyl sites for hydroxylation is 1. The molecule has 25 heavy (non-hydrogen) atoms. The van der Waals surface area contributed by atoms with Crippen LogP contribution in [-0.2, 0) is 20.9 Å². The van der Waals surface area contributed by atoms with Crippen molar-refractivity contribution in [3.63, 3.8) is 0 Å². The van der Waals surface area contributed by atoms with E-state index in [4.69, 9.17) is 4.74 Å². The standard InChI is InChI=1S/C18H22N2O4S/c1-11(2)14-7-5-6-8-15(14)19-17(22)13(4)24-16(21)9-20-12(3)10-25-18(20)23/h5-8,10-11,13H,9H2,1-4H3,(H,19,22)/t13-/m1/s1. The van der Waals surface area contributed by atoms with E-state index in [1.807, 2.05) is 38.1 Å². The number of hydrogen-bond acceptors (Lipinski definition) is 5. The molecule has 0 spiro atoms. The fraction of sp³-hybridized carbons (Fsp3) is 0.389. The number of carbonyl (C=O) groups is 2. The van der Waals surface area contributed by atoms with Crippen LogP contribution in [0.2, 0.25) is 0 Å². The summed E-state index contributed by atoms with van der Waals surface area (Å²) in [7, 11) is 0. The number of rotatable bonds is 6. The summed E-state index contributed by atoms with van der Waals surface area (Å²) < 4.78 is 6.49. The maximum atomic E-state index is 12.3.